The number of hydrogen-bond donors (Lipinski definition) is 2. The van der Waals surface area contributed by atoms with E-state index in [1.54, 1.807) is 24.4 Å². The fraction of sp³-hybridized carbons (Fsp3) is 0.333. The van der Waals surface area contributed by atoms with Gasteiger partial charge in [0, 0.05) is 23.9 Å². The van der Waals surface area contributed by atoms with E-state index in [1.165, 1.54) is 16.8 Å². The number of amides is 1. The average molecular weight is 439 g/mol. The number of carbonyl (C=O) groups excluding carboxylic acids is 2. The molecule has 7 nitrogen and oxygen atoms in total. The SMILES string of the molecule is CC(C)Cc1c(F)cnc2cc(Cn3cccc(NC(=O)CCC/C=C/C=O)c3=O)[nH]c12. The first kappa shape index (κ1) is 23.1. The van der Waals surface area contributed by atoms with Crippen LogP contribution < -0.4 is 10.9 Å². The summed E-state index contributed by atoms with van der Waals surface area (Å²) in [5.41, 5.74) is 2.47. The number of aromatic amines is 1. The van der Waals surface area contributed by atoms with Crippen molar-refractivity contribution in [1.82, 2.24) is 14.5 Å². The molecule has 8 heteroatoms. The van der Waals surface area contributed by atoms with Crippen molar-refractivity contribution in [3.8, 4) is 0 Å². The van der Waals surface area contributed by atoms with Crippen LogP contribution in [0.4, 0.5) is 10.1 Å². The standard InChI is InChI=1S/C24H27FN4O3/c1-16(2)12-18-19(25)14-26-21-13-17(27-23(18)21)15-29-10-7-8-20(24(29)32)28-22(31)9-5-3-4-6-11-30/h4,6-8,10-11,13-14,16,27H,3,5,9,12,15H2,1-2H3,(H,28,31)/b6-4+. The highest BCUT2D eigenvalue weighted by Crippen LogP contribution is 2.23. The Hall–Kier alpha value is -3.55. The molecule has 0 unspecified atom stereocenters. The molecule has 0 radical (unpaired) electrons. The van der Waals surface area contributed by atoms with Crippen molar-refractivity contribution in [2.75, 3.05) is 5.32 Å². The largest absolute Gasteiger partial charge is 0.355 e. The number of nitrogens with zero attached hydrogens (tertiary/aromatic N) is 2. The summed E-state index contributed by atoms with van der Waals surface area (Å²) in [6.07, 6.45) is 8.67. The number of hydrogen-bond acceptors (Lipinski definition) is 4. The van der Waals surface area contributed by atoms with Crippen LogP contribution in [0.15, 0.2) is 47.5 Å². The summed E-state index contributed by atoms with van der Waals surface area (Å²) >= 11 is 0. The quantitative estimate of drug-likeness (QED) is 0.284. The summed E-state index contributed by atoms with van der Waals surface area (Å²) < 4.78 is 15.8. The van der Waals surface area contributed by atoms with Crippen molar-refractivity contribution in [2.24, 2.45) is 5.92 Å². The van der Waals surface area contributed by atoms with Gasteiger partial charge in [-0.25, -0.2) is 4.39 Å². The number of aldehydes is 1. The van der Waals surface area contributed by atoms with E-state index in [9.17, 15) is 18.8 Å². The van der Waals surface area contributed by atoms with Crippen molar-refractivity contribution < 1.29 is 14.0 Å². The molecule has 0 saturated heterocycles. The van der Waals surface area contributed by atoms with Crippen LogP contribution in [0.25, 0.3) is 11.0 Å². The van der Waals surface area contributed by atoms with Crippen molar-refractivity contribution in [3.05, 3.63) is 70.2 Å². The molecule has 0 bridgehead atoms. The normalized spacial score (nSPS) is 11.5. The summed E-state index contributed by atoms with van der Waals surface area (Å²) in [5, 5.41) is 2.65. The topological polar surface area (TPSA) is 96.8 Å². The molecule has 0 aliphatic heterocycles. The van der Waals surface area contributed by atoms with Gasteiger partial charge >= 0.3 is 0 Å². The van der Waals surface area contributed by atoms with E-state index < -0.39 is 0 Å². The van der Waals surface area contributed by atoms with Gasteiger partial charge in [0.05, 0.1) is 23.8 Å². The number of H-pyrrole nitrogens is 1. The lowest BCUT2D eigenvalue weighted by atomic mass is 10.0. The van der Waals surface area contributed by atoms with Gasteiger partial charge in [-0.3, -0.25) is 19.4 Å². The van der Waals surface area contributed by atoms with Crippen LogP contribution in [-0.2, 0) is 22.6 Å². The molecule has 3 heterocycles. The third kappa shape index (κ3) is 5.78. The monoisotopic (exact) mass is 438 g/mol. The van der Waals surface area contributed by atoms with Crippen molar-refractivity contribution in [2.45, 2.75) is 46.1 Å². The molecule has 0 fully saturated rings. The number of aromatic nitrogens is 3. The van der Waals surface area contributed by atoms with Crippen LogP contribution in [0, 0.1) is 11.7 Å². The average Bonchev–Trinajstić information content (AvgIpc) is 3.16. The Bertz CT molecular complexity index is 1190. The van der Waals surface area contributed by atoms with Gasteiger partial charge in [-0.15, -0.1) is 0 Å². The van der Waals surface area contributed by atoms with Gasteiger partial charge < -0.3 is 14.9 Å². The third-order valence-corrected chi connectivity index (χ3v) is 5.00. The predicted octanol–water partition coefficient (Wildman–Crippen LogP) is 3.97. The maximum Gasteiger partial charge on any atom is 0.274 e. The summed E-state index contributed by atoms with van der Waals surface area (Å²) in [4.78, 5) is 42.6. The Balaban J connectivity index is 1.75. The van der Waals surface area contributed by atoms with Crippen LogP contribution in [0.5, 0.6) is 0 Å². The van der Waals surface area contributed by atoms with E-state index in [2.05, 4.69) is 15.3 Å². The lowest BCUT2D eigenvalue weighted by Gasteiger charge is -2.09. The molecule has 1 amide bonds. The number of anilines is 1. The first-order valence-corrected chi connectivity index (χ1v) is 10.6. The van der Waals surface area contributed by atoms with Crippen molar-refractivity contribution in [3.63, 3.8) is 0 Å². The molecule has 3 aromatic rings. The molecule has 0 aliphatic rings. The van der Waals surface area contributed by atoms with Crippen LogP contribution in [0.2, 0.25) is 0 Å². The van der Waals surface area contributed by atoms with Gasteiger partial charge in [-0.2, -0.15) is 0 Å². The van der Waals surface area contributed by atoms with E-state index in [1.807, 2.05) is 19.9 Å². The number of pyridine rings is 2. The number of unbranched alkanes of at least 4 members (excludes halogenated alkanes) is 1. The highest BCUT2D eigenvalue weighted by Gasteiger charge is 2.14. The zero-order chi connectivity index (χ0) is 23.1. The van der Waals surface area contributed by atoms with Crippen molar-refractivity contribution >= 4 is 28.9 Å². The Labute approximate surface area is 185 Å². The number of carbonyl (C=O) groups is 2. The summed E-state index contributed by atoms with van der Waals surface area (Å²) in [6, 6.07) is 5.06. The molecule has 2 N–H and O–H groups in total. The van der Waals surface area contributed by atoms with E-state index in [-0.39, 0.29) is 41.9 Å². The number of nitrogens with one attached hydrogen (secondary N) is 2. The molecule has 0 aliphatic carbocycles. The number of halogens is 1. The highest BCUT2D eigenvalue weighted by molar-refractivity contribution is 5.90. The zero-order valence-corrected chi connectivity index (χ0v) is 18.2. The lowest BCUT2D eigenvalue weighted by Crippen LogP contribution is -2.25. The Morgan fingerprint density at radius 1 is 1.38 bits per heavy atom. The lowest BCUT2D eigenvalue weighted by molar-refractivity contribution is -0.116. The fourth-order valence-electron chi connectivity index (χ4n) is 3.53. The van der Waals surface area contributed by atoms with Gasteiger partial charge in [-0.1, -0.05) is 19.9 Å². The highest BCUT2D eigenvalue weighted by atomic mass is 19.1. The van der Waals surface area contributed by atoms with E-state index in [0.717, 1.165) is 5.69 Å². The van der Waals surface area contributed by atoms with Gasteiger partial charge in [0.15, 0.2) is 0 Å². The van der Waals surface area contributed by atoms with Crippen LogP contribution in [0.3, 0.4) is 0 Å². The third-order valence-electron chi connectivity index (χ3n) is 5.00. The molecule has 0 aromatic carbocycles. The van der Waals surface area contributed by atoms with Crippen LogP contribution in [0.1, 0.15) is 44.4 Å². The van der Waals surface area contributed by atoms with Gasteiger partial charge in [0.1, 0.15) is 17.8 Å². The van der Waals surface area contributed by atoms with Gasteiger partial charge in [0.2, 0.25) is 5.91 Å². The second kappa shape index (κ2) is 10.7. The van der Waals surface area contributed by atoms with E-state index in [0.29, 0.717) is 42.1 Å². The van der Waals surface area contributed by atoms with Crippen LogP contribution >= 0.6 is 0 Å². The Morgan fingerprint density at radius 2 is 2.19 bits per heavy atom. The number of fused-ring (bicyclic) bond motifs is 1. The Morgan fingerprint density at radius 3 is 2.94 bits per heavy atom. The maximum atomic E-state index is 14.3. The van der Waals surface area contributed by atoms with Gasteiger partial charge in [0.25, 0.3) is 5.56 Å². The fourth-order valence-corrected chi connectivity index (χ4v) is 3.53. The predicted molar refractivity (Wildman–Crippen MR) is 122 cm³/mol. The molecular formula is C24H27FN4O3. The smallest absolute Gasteiger partial charge is 0.274 e. The first-order chi connectivity index (χ1) is 15.4. The van der Waals surface area contributed by atoms with Crippen molar-refractivity contribution in [1.29, 1.82) is 0 Å². The minimum atomic E-state index is -0.344. The molecule has 0 spiro atoms. The number of allylic oxidation sites excluding steroid dienone is 2. The maximum absolute atomic E-state index is 14.3. The minimum Gasteiger partial charge on any atom is -0.355 e. The first-order valence-electron chi connectivity index (χ1n) is 10.6. The van der Waals surface area contributed by atoms with E-state index in [4.69, 9.17) is 0 Å². The molecule has 0 atom stereocenters. The van der Waals surface area contributed by atoms with Gasteiger partial charge in [-0.05, 0) is 49.5 Å². The molecule has 3 rings (SSSR count). The Kier molecular flexibility index (Phi) is 7.70. The van der Waals surface area contributed by atoms with Crippen LogP contribution in [-0.4, -0.2) is 26.7 Å². The second-order valence-electron chi connectivity index (χ2n) is 8.10. The number of rotatable bonds is 10. The summed E-state index contributed by atoms with van der Waals surface area (Å²) in [7, 11) is 0. The zero-order valence-electron chi connectivity index (χ0n) is 18.2. The molecule has 168 valence electrons. The summed E-state index contributed by atoms with van der Waals surface area (Å²) in [6.45, 7) is 4.28. The molecular weight excluding hydrogens is 411 g/mol. The summed E-state index contributed by atoms with van der Waals surface area (Å²) in [5.74, 6) is -0.322. The molecule has 32 heavy (non-hydrogen) atoms. The van der Waals surface area contributed by atoms with E-state index >= 15 is 0 Å². The second-order valence-corrected chi connectivity index (χ2v) is 8.10. The minimum absolute atomic E-state index is 0.196. The molecule has 3 aromatic heterocycles. The molecule has 0 saturated carbocycles.